The Labute approximate surface area is 357 Å². The van der Waals surface area contributed by atoms with Crippen LogP contribution in [0.4, 0.5) is 0 Å². The van der Waals surface area contributed by atoms with Crippen LogP contribution in [0.5, 0.6) is 0 Å². The summed E-state index contributed by atoms with van der Waals surface area (Å²) in [5.41, 5.74) is 6.29. The van der Waals surface area contributed by atoms with Gasteiger partial charge < -0.3 is 0 Å². The Morgan fingerprint density at radius 2 is 1.02 bits per heavy atom. The van der Waals surface area contributed by atoms with Crippen molar-refractivity contribution in [1.82, 2.24) is 29.1 Å². The van der Waals surface area contributed by atoms with Crippen LogP contribution in [0.1, 0.15) is 0 Å². The summed E-state index contributed by atoms with van der Waals surface area (Å²) >= 11 is 27.1. The predicted octanol–water partition coefficient (Wildman–Crippen LogP) is 13.5. The van der Waals surface area contributed by atoms with Crippen LogP contribution >= 0.6 is 57.7 Å². The number of hydrogen-bond acceptors (Lipinski definition) is 6. The molecule has 0 saturated carbocycles. The second kappa shape index (κ2) is 14.8. The van der Waals surface area contributed by atoms with E-state index in [1.54, 1.807) is 23.7 Å². The van der Waals surface area contributed by atoms with Gasteiger partial charge in [-0.3, -0.25) is 13.3 Å². The number of rotatable bonds is 4. The molecule has 0 aliphatic rings. The smallest absolute Gasteiger partial charge is 0.225 e. The molecule has 0 fully saturated rings. The third-order valence-electron chi connectivity index (χ3n) is 10.1. The fraction of sp³-hybridized carbons (Fsp3) is 0.0222. The maximum Gasteiger partial charge on any atom is 0.225 e. The van der Waals surface area contributed by atoms with Crippen molar-refractivity contribution in [2.24, 2.45) is 0 Å². The summed E-state index contributed by atoms with van der Waals surface area (Å²) in [5, 5.41) is 7.09. The molecule has 282 valence electrons. The average molecular weight is 873 g/mol. The Morgan fingerprint density at radius 3 is 1.60 bits per heavy atom. The maximum absolute atomic E-state index is 12.4. The van der Waals surface area contributed by atoms with Crippen molar-refractivity contribution in [3.63, 3.8) is 0 Å². The first-order valence-electron chi connectivity index (χ1n) is 17.9. The minimum atomic E-state index is -1.29. The van der Waals surface area contributed by atoms with Crippen LogP contribution in [0, 0.1) is 0 Å². The molecule has 0 N–H and O–H groups in total. The van der Waals surface area contributed by atoms with Crippen LogP contribution < -0.4 is 0 Å². The normalized spacial score (nSPS) is 12.2. The Bertz CT molecular complexity index is 3360. The number of benzene rings is 6. The average Bonchev–Trinajstić information content (AvgIpc) is 3.89. The van der Waals surface area contributed by atoms with E-state index in [1.165, 1.54) is 10.8 Å². The summed E-state index contributed by atoms with van der Waals surface area (Å²) in [6, 6.07) is 46.1. The van der Waals surface area contributed by atoms with E-state index in [2.05, 4.69) is 89.7 Å². The summed E-state index contributed by atoms with van der Waals surface area (Å²) in [5.74, 6) is 1.42. The van der Waals surface area contributed by atoms with Crippen LogP contribution in [-0.4, -0.2) is 39.5 Å². The summed E-state index contributed by atoms with van der Waals surface area (Å²) in [4.78, 5) is 18.6. The largest absolute Gasteiger partial charge is 0.294 e. The van der Waals surface area contributed by atoms with Gasteiger partial charge >= 0.3 is 0 Å². The number of fused-ring (bicyclic) bond motifs is 9. The molecule has 7 nitrogen and oxygen atoms in total. The van der Waals surface area contributed by atoms with E-state index in [0.29, 0.717) is 32.0 Å². The van der Waals surface area contributed by atoms with Gasteiger partial charge in [0.1, 0.15) is 5.82 Å². The lowest BCUT2D eigenvalue weighted by Crippen LogP contribution is -2.02. The van der Waals surface area contributed by atoms with E-state index in [-0.39, 0.29) is 10.6 Å². The first-order valence-corrected chi connectivity index (χ1v) is 21.8. The molecule has 1 atom stereocenters. The Hall–Kier alpha value is -5.39. The molecule has 0 radical (unpaired) electrons. The molecule has 5 heterocycles. The quantitative estimate of drug-likeness (QED) is 0.165. The highest BCUT2D eigenvalue weighted by Crippen LogP contribution is 2.42. The van der Waals surface area contributed by atoms with Gasteiger partial charge in [-0.05, 0) is 59.6 Å². The molecule has 11 aromatic rings. The van der Waals surface area contributed by atoms with Gasteiger partial charge in [0.15, 0.2) is 5.82 Å². The fourth-order valence-electron chi connectivity index (χ4n) is 7.72. The third-order valence-corrected chi connectivity index (χ3v) is 13.5. The molecule has 0 aliphatic heterocycles. The number of aromatic nitrogens is 6. The van der Waals surface area contributed by atoms with Crippen molar-refractivity contribution in [3.05, 3.63) is 160 Å². The molecule has 5 aromatic heterocycles. The standard InChI is InChI=1S/C23H15Cl2N3OS.C22H11Cl2N3S/c1-30(29)22-16(9-6-10-17(22)24)18-13-21(27-23(25)26-18)28-19-11-4-2-7-14(19)15-8-3-5-12-20(15)28;23-15-9-5-8-14-18-20(28-19(14)15)21(26-22(24)25-18)27-16-10-3-1-6-12(16)13-7-2-4-11-17(13)27/h2-13H,1H3;1-11H. The molecule has 0 amide bonds. The minimum Gasteiger partial charge on any atom is -0.294 e. The molecular weight excluding hydrogens is 846 g/mol. The van der Waals surface area contributed by atoms with Gasteiger partial charge in [0.05, 0.1) is 68.4 Å². The van der Waals surface area contributed by atoms with Crippen LogP contribution in [-0.2, 0) is 10.8 Å². The number of thiophene rings is 1. The van der Waals surface area contributed by atoms with E-state index < -0.39 is 10.8 Å². The highest BCUT2D eigenvalue weighted by Gasteiger charge is 2.21. The molecule has 6 aromatic carbocycles. The summed E-state index contributed by atoms with van der Waals surface area (Å²) < 4.78 is 18.6. The molecule has 0 bridgehead atoms. The van der Waals surface area contributed by atoms with Crippen molar-refractivity contribution in [2.75, 3.05) is 6.26 Å². The summed E-state index contributed by atoms with van der Waals surface area (Å²) in [7, 11) is -1.29. The zero-order chi connectivity index (χ0) is 39.7. The SMILES string of the molecule is CS(=O)c1c(Cl)cccc1-c1cc(-n2c3ccccc3c3ccccc32)nc(Cl)n1.Clc1nc(-n2c3ccccc3c3ccccc32)c2sc3c(Cl)cccc3c2n1. The van der Waals surface area contributed by atoms with Crippen molar-refractivity contribution >= 4 is 132 Å². The zero-order valence-corrected chi connectivity index (χ0v) is 34.9. The molecule has 1 unspecified atom stereocenters. The summed E-state index contributed by atoms with van der Waals surface area (Å²) in [6.45, 7) is 0. The molecule has 13 heteroatoms. The number of nitrogens with zero attached hydrogens (tertiary/aromatic N) is 6. The molecule has 0 spiro atoms. The second-order valence-electron chi connectivity index (χ2n) is 13.4. The lowest BCUT2D eigenvalue weighted by Gasteiger charge is -2.12. The summed E-state index contributed by atoms with van der Waals surface area (Å²) in [6.07, 6.45) is 1.60. The maximum atomic E-state index is 12.4. The second-order valence-corrected chi connectivity index (χ2v) is 17.2. The first-order chi connectivity index (χ1) is 28.3. The van der Waals surface area contributed by atoms with Gasteiger partial charge in [-0.25, -0.2) is 9.97 Å². The van der Waals surface area contributed by atoms with Crippen LogP contribution in [0.15, 0.2) is 144 Å². The molecule has 11 rings (SSSR count). The van der Waals surface area contributed by atoms with Gasteiger partial charge in [0.25, 0.3) is 0 Å². The monoisotopic (exact) mass is 870 g/mol. The highest BCUT2D eigenvalue weighted by molar-refractivity contribution is 7.84. The zero-order valence-electron chi connectivity index (χ0n) is 30.2. The lowest BCUT2D eigenvalue weighted by molar-refractivity contribution is 0.687. The third kappa shape index (κ3) is 6.12. The number of para-hydroxylation sites is 4. The van der Waals surface area contributed by atoms with Gasteiger partial charge in [0.2, 0.25) is 10.6 Å². The first kappa shape index (κ1) is 36.9. The molecule has 0 saturated heterocycles. The predicted molar refractivity (Wildman–Crippen MR) is 243 cm³/mol. The van der Waals surface area contributed by atoms with Crippen molar-refractivity contribution in [2.45, 2.75) is 4.90 Å². The van der Waals surface area contributed by atoms with Crippen molar-refractivity contribution in [1.29, 1.82) is 0 Å². The fourth-order valence-corrected chi connectivity index (χ4v) is 10.8. The Morgan fingerprint density at radius 1 is 0.517 bits per heavy atom. The molecule has 58 heavy (non-hydrogen) atoms. The van der Waals surface area contributed by atoms with Crippen LogP contribution in [0.2, 0.25) is 20.6 Å². The van der Waals surface area contributed by atoms with Crippen LogP contribution in [0.3, 0.4) is 0 Å². The minimum absolute atomic E-state index is 0.108. The van der Waals surface area contributed by atoms with Gasteiger partial charge in [0, 0.05) is 44.8 Å². The van der Waals surface area contributed by atoms with Gasteiger partial charge in [-0.15, -0.1) is 11.3 Å². The van der Waals surface area contributed by atoms with Crippen molar-refractivity contribution in [3.8, 4) is 22.9 Å². The Kier molecular flexibility index (Phi) is 9.40. The molecule has 0 aliphatic carbocycles. The van der Waals surface area contributed by atoms with E-state index in [1.807, 2.05) is 72.8 Å². The lowest BCUT2D eigenvalue weighted by atomic mass is 10.1. The van der Waals surface area contributed by atoms with E-state index in [0.717, 1.165) is 59.0 Å². The van der Waals surface area contributed by atoms with Crippen LogP contribution in [0.25, 0.3) is 86.8 Å². The van der Waals surface area contributed by atoms with E-state index in [4.69, 9.17) is 46.4 Å². The number of halogens is 4. The topological polar surface area (TPSA) is 78.5 Å². The van der Waals surface area contributed by atoms with Gasteiger partial charge in [-0.2, -0.15) is 9.97 Å². The Balaban J connectivity index is 0.000000141. The van der Waals surface area contributed by atoms with Gasteiger partial charge in [-0.1, -0.05) is 120 Å². The van der Waals surface area contributed by atoms with E-state index in [9.17, 15) is 4.21 Å². The highest BCUT2D eigenvalue weighted by atomic mass is 35.5. The van der Waals surface area contributed by atoms with E-state index >= 15 is 0 Å². The van der Waals surface area contributed by atoms with Crippen molar-refractivity contribution < 1.29 is 4.21 Å². The molecular formula is C45H26Cl4N6OS2. The number of hydrogen-bond donors (Lipinski definition) is 0.